The number of Topliss-reactive ketones (excluding diaryl/α,β-unsaturated/α-hetero) is 1. The van der Waals surface area contributed by atoms with Crippen molar-refractivity contribution >= 4 is 33.4 Å². The third kappa shape index (κ3) is 4.89. The van der Waals surface area contributed by atoms with E-state index in [1.54, 1.807) is 30.0 Å². The van der Waals surface area contributed by atoms with Crippen LogP contribution in [0.2, 0.25) is 0 Å². The van der Waals surface area contributed by atoms with Crippen LogP contribution in [0.1, 0.15) is 18.9 Å². The number of allylic oxidation sites excluding steroid dienone is 1. The molecule has 0 bridgehead atoms. The van der Waals surface area contributed by atoms with Crippen LogP contribution in [-0.2, 0) is 19.6 Å². The summed E-state index contributed by atoms with van der Waals surface area (Å²) in [5.74, 6) is -1.41. The predicted molar refractivity (Wildman–Crippen MR) is 142 cm³/mol. The summed E-state index contributed by atoms with van der Waals surface area (Å²) in [6.45, 7) is 5.52. The number of guanidine groups is 1. The molecule has 1 saturated heterocycles. The highest BCUT2D eigenvalue weighted by Crippen LogP contribution is 2.44. The van der Waals surface area contributed by atoms with Gasteiger partial charge in [-0.2, -0.15) is 0 Å². The van der Waals surface area contributed by atoms with Gasteiger partial charge in [-0.05, 0) is 45.0 Å². The molecule has 13 heteroatoms. The van der Waals surface area contributed by atoms with Gasteiger partial charge in [0.25, 0.3) is 5.91 Å². The van der Waals surface area contributed by atoms with E-state index in [2.05, 4.69) is 25.7 Å². The van der Waals surface area contributed by atoms with E-state index in [4.69, 9.17) is 5.73 Å². The van der Waals surface area contributed by atoms with Crippen LogP contribution in [0, 0.1) is 12.3 Å². The molecule has 2 aliphatic heterocycles. The van der Waals surface area contributed by atoms with Crippen molar-refractivity contribution in [3.63, 3.8) is 0 Å². The summed E-state index contributed by atoms with van der Waals surface area (Å²) in [5.41, 5.74) is 4.30. The van der Waals surface area contributed by atoms with Crippen LogP contribution in [0.3, 0.4) is 0 Å². The zero-order valence-corrected chi connectivity index (χ0v) is 22.3. The van der Waals surface area contributed by atoms with Crippen molar-refractivity contribution in [2.75, 3.05) is 38.5 Å². The molecule has 4 rings (SSSR count). The standard InChI is InChI=1S/C25H32FN7O4S/c1-16-4-5-19(14-20(16)38(36,37)28-3)31-23-30-15-21(26)25(27,32-23)24(17(2)34)8-6-18(7-9-24)22(35)33-12-10-29-11-13-33/h4-8,14-15,28-29H,9-13,27H2,1-3H3,(H2,30,31,32). The smallest absolute Gasteiger partial charge is 0.253 e. The van der Waals surface area contributed by atoms with Crippen molar-refractivity contribution in [1.29, 1.82) is 0 Å². The van der Waals surface area contributed by atoms with E-state index in [-0.39, 0.29) is 23.2 Å². The second-order valence-electron chi connectivity index (χ2n) is 9.47. The first-order valence-corrected chi connectivity index (χ1v) is 13.6. The average Bonchev–Trinajstić information content (AvgIpc) is 2.91. The topological polar surface area (TPSA) is 158 Å². The number of ketones is 1. The lowest BCUT2D eigenvalue weighted by Gasteiger charge is -2.46. The predicted octanol–water partition coefficient (Wildman–Crippen LogP) is 0.634. The minimum Gasteiger partial charge on any atom is -0.336 e. The Hall–Kier alpha value is -3.39. The third-order valence-corrected chi connectivity index (χ3v) is 8.74. The Morgan fingerprint density at radius 2 is 1.95 bits per heavy atom. The Balaban J connectivity index is 1.60. The summed E-state index contributed by atoms with van der Waals surface area (Å²) >= 11 is 0. The first-order valence-electron chi connectivity index (χ1n) is 12.2. The second-order valence-corrected chi connectivity index (χ2v) is 11.3. The monoisotopic (exact) mass is 545 g/mol. The fourth-order valence-electron chi connectivity index (χ4n) is 4.78. The summed E-state index contributed by atoms with van der Waals surface area (Å²) in [6, 6.07) is 4.67. The number of halogens is 1. The van der Waals surface area contributed by atoms with E-state index >= 15 is 4.39 Å². The molecule has 3 aliphatic rings. The number of carbonyl (C=O) groups excluding carboxylic acids is 2. The van der Waals surface area contributed by atoms with Crippen LogP contribution < -0.4 is 26.4 Å². The maximum Gasteiger partial charge on any atom is 0.253 e. The molecule has 1 aromatic rings. The molecule has 1 aromatic carbocycles. The summed E-state index contributed by atoms with van der Waals surface area (Å²) < 4.78 is 42.4. The number of benzene rings is 1. The lowest BCUT2D eigenvalue weighted by atomic mass is 9.66. The Morgan fingerprint density at radius 1 is 1.24 bits per heavy atom. The number of nitrogens with one attached hydrogen (secondary N) is 4. The number of aryl methyl sites for hydroxylation is 1. The van der Waals surface area contributed by atoms with Crippen LogP contribution in [0.15, 0.2) is 63.9 Å². The van der Waals surface area contributed by atoms with E-state index < -0.39 is 32.7 Å². The van der Waals surface area contributed by atoms with Gasteiger partial charge in [0.15, 0.2) is 11.5 Å². The molecule has 11 nitrogen and oxygen atoms in total. The van der Waals surface area contributed by atoms with Crippen LogP contribution in [0.25, 0.3) is 0 Å². The summed E-state index contributed by atoms with van der Waals surface area (Å²) in [6.07, 6.45) is 5.52. The molecule has 0 spiro atoms. The van der Waals surface area contributed by atoms with Crippen LogP contribution in [0.5, 0.6) is 0 Å². The first kappa shape index (κ1) is 27.6. The van der Waals surface area contributed by atoms with Gasteiger partial charge in [-0.1, -0.05) is 24.3 Å². The Morgan fingerprint density at radius 3 is 2.55 bits per heavy atom. The third-order valence-electron chi connectivity index (χ3n) is 7.18. The minimum absolute atomic E-state index is 0.0148. The molecule has 1 fully saturated rings. The Bertz CT molecular complexity index is 1380. The first-order chi connectivity index (χ1) is 17.9. The van der Waals surface area contributed by atoms with Gasteiger partial charge in [0.2, 0.25) is 16.0 Å². The van der Waals surface area contributed by atoms with Crippen LogP contribution in [0.4, 0.5) is 10.1 Å². The number of amides is 1. The fourth-order valence-corrected chi connectivity index (χ4v) is 5.78. The van der Waals surface area contributed by atoms with Gasteiger partial charge in [-0.3, -0.25) is 9.59 Å². The van der Waals surface area contributed by atoms with E-state index in [1.165, 1.54) is 32.2 Å². The van der Waals surface area contributed by atoms with Gasteiger partial charge in [0.1, 0.15) is 5.78 Å². The molecule has 0 saturated carbocycles. The zero-order valence-electron chi connectivity index (χ0n) is 21.5. The summed E-state index contributed by atoms with van der Waals surface area (Å²) in [5, 5.41) is 8.93. The van der Waals surface area contributed by atoms with E-state index in [9.17, 15) is 18.0 Å². The van der Waals surface area contributed by atoms with Crippen molar-refractivity contribution in [2.45, 2.75) is 30.8 Å². The maximum atomic E-state index is 15.4. The highest BCUT2D eigenvalue weighted by molar-refractivity contribution is 7.89. The number of sulfonamides is 1. The number of carbonyl (C=O) groups is 2. The fraction of sp³-hybridized carbons (Fsp3) is 0.400. The molecular weight excluding hydrogens is 513 g/mol. The van der Waals surface area contributed by atoms with Gasteiger partial charge in [0, 0.05) is 37.4 Å². The number of nitrogens with zero attached hydrogens (tertiary/aromatic N) is 2. The Kier molecular flexibility index (Phi) is 7.57. The highest BCUT2D eigenvalue weighted by Gasteiger charge is 2.56. The quantitative estimate of drug-likeness (QED) is 0.348. The van der Waals surface area contributed by atoms with E-state index in [0.717, 1.165) is 6.20 Å². The van der Waals surface area contributed by atoms with E-state index in [0.29, 0.717) is 43.0 Å². The molecule has 2 heterocycles. The van der Waals surface area contributed by atoms with Crippen molar-refractivity contribution in [1.82, 2.24) is 20.3 Å². The number of piperazine rings is 1. The number of aliphatic imine (C=N–C) groups is 1. The maximum absolute atomic E-state index is 15.4. The second kappa shape index (κ2) is 10.4. The van der Waals surface area contributed by atoms with Gasteiger partial charge in [0.05, 0.1) is 16.5 Å². The van der Waals surface area contributed by atoms with Crippen molar-refractivity contribution in [2.24, 2.45) is 16.1 Å². The van der Waals surface area contributed by atoms with Crippen molar-refractivity contribution < 1.29 is 22.4 Å². The van der Waals surface area contributed by atoms with Gasteiger partial charge in [-0.25, -0.2) is 22.5 Å². The summed E-state index contributed by atoms with van der Waals surface area (Å²) in [7, 11) is -2.41. The van der Waals surface area contributed by atoms with Crippen molar-refractivity contribution in [3.8, 4) is 0 Å². The molecule has 38 heavy (non-hydrogen) atoms. The van der Waals surface area contributed by atoms with Gasteiger partial charge >= 0.3 is 0 Å². The Labute approximate surface area is 221 Å². The van der Waals surface area contributed by atoms with Crippen molar-refractivity contribution in [3.05, 3.63) is 59.6 Å². The molecule has 0 radical (unpaired) electrons. The van der Waals surface area contributed by atoms with Gasteiger partial charge < -0.3 is 26.6 Å². The van der Waals surface area contributed by atoms with E-state index in [1.807, 2.05) is 0 Å². The number of anilines is 1. The highest BCUT2D eigenvalue weighted by atomic mass is 32.2. The normalized spacial score (nSPS) is 25.6. The average molecular weight is 546 g/mol. The summed E-state index contributed by atoms with van der Waals surface area (Å²) in [4.78, 5) is 31.8. The van der Waals surface area contributed by atoms with Crippen LogP contribution in [-0.4, -0.2) is 69.9 Å². The SMILES string of the molecule is CNS(=O)(=O)c1cc(NC2=NC=C(F)C(N)(C3(C(C)=O)C=CC(C(=O)N4CCNCC4)=CC3)N2)ccc1C. The molecule has 0 aromatic heterocycles. The van der Waals surface area contributed by atoms with Crippen LogP contribution >= 0.6 is 0 Å². The molecule has 6 N–H and O–H groups in total. The molecular formula is C25H32FN7O4S. The lowest BCUT2D eigenvalue weighted by Crippen LogP contribution is -2.70. The molecule has 2 unspecified atom stereocenters. The largest absolute Gasteiger partial charge is 0.336 e. The molecule has 204 valence electrons. The zero-order chi connectivity index (χ0) is 27.7. The number of rotatable bonds is 6. The molecule has 2 atom stereocenters. The number of nitrogens with two attached hydrogens (primary N) is 1. The lowest BCUT2D eigenvalue weighted by molar-refractivity contribution is -0.129. The number of hydrogen-bond donors (Lipinski definition) is 5. The van der Waals surface area contributed by atoms with Gasteiger partial charge in [-0.15, -0.1) is 0 Å². The number of hydrogen-bond acceptors (Lipinski definition) is 9. The molecule has 1 amide bonds. The molecule has 1 aliphatic carbocycles. The minimum atomic E-state index is -3.72.